The zero-order chi connectivity index (χ0) is 13.2. The van der Waals surface area contributed by atoms with Crippen LogP contribution in [0, 0.1) is 5.82 Å². The van der Waals surface area contributed by atoms with E-state index in [2.05, 4.69) is 4.90 Å². The first kappa shape index (κ1) is 13.7. The summed E-state index contributed by atoms with van der Waals surface area (Å²) in [6, 6.07) is 3.65. The minimum atomic E-state index is -3.90. The molecular weight excluding hydrogens is 281 g/mol. The van der Waals surface area contributed by atoms with Gasteiger partial charge in [0.2, 0.25) is 0 Å². The van der Waals surface area contributed by atoms with E-state index in [0.29, 0.717) is 25.3 Å². The lowest BCUT2D eigenvalue weighted by Gasteiger charge is -2.26. The largest absolute Gasteiger partial charge is 0.379 e. The van der Waals surface area contributed by atoms with Gasteiger partial charge in [0.1, 0.15) is 5.82 Å². The van der Waals surface area contributed by atoms with Crippen LogP contribution in [-0.4, -0.2) is 39.6 Å². The van der Waals surface area contributed by atoms with Gasteiger partial charge in [-0.15, -0.1) is 0 Å². The zero-order valence-electron chi connectivity index (χ0n) is 9.60. The third-order valence-corrected chi connectivity index (χ3v) is 4.06. The Morgan fingerprint density at radius 1 is 1.28 bits per heavy atom. The number of ether oxygens (including phenoxy) is 1. The standard InChI is InChI=1S/C11H13ClFNO3S/c12-18(15,16)11-6-9(5-10(13)7-11)8-14-1-3-17-4-2-14/h5-7H,1-4,8H2. The van der Waals surface area contributed by atoms with Crippen molar-refractivity contribution in [2.75, 3.05) is 26.3 Å². The number of hydrogen-bond donors (Lipinski definition) is 0. The summed E-state index contributed by atoms with van der Waals surface area (Å²) >= 11 is 0. The van der Waals surface area contributed by atoms with Crippen molar-refractivity contribution in [1.82, 2.24) is 4.90 Å². The number of rotatable bonds is 3. The fraction of sp³-hybridized carbons (Fsp3) is 0.455. The molecule has 0 atom stereocenters. The minimum absolute atomic E-state index is 0.201. The molecule has 0 bridgehead atoms. The summed E-state index contributed by atoms with van der Waals surface area (Å²) < 4.78 is 40.9. The van der Waals surface area contributed by atoms with Crippen molar-refractivity contribution < 1.29 is 17.5 Å². The smallest absolute Gasteiger partial charge is 0.261 e. The van der Waals surface area contributed by atoms with Crippen LogP contribution in [0.1, 0.15) is 5.56 Å². The Hall–Kier alpha value is -0.690. The topological polar surface area (TPSA) is 46.6 Å². The second-order valence-electron chi connectivity index (χ2n) is 4.12. The molecule has 1 aromatic rings. The lowest BCUT2D eigenvalue weighted by atomic mass is 10.2. The van der Waals surface area contributed by atoms with E-state index in [-0.39, 0.29) is 4.90 Å². The van der Waals surface area contributed by atoms with Crippen molar-refractivity contribution in [3.8, 4) is 0 Å². The van der Waals surface area contributed by atoms with E-state index in [9.17, 15) is 12.8 Å². The lowest BCUT2D eigenvalue weighted by Crippen LogP contribution is -2.35. The van der Waals surface area contributed by atoms with Crippen molar-refractivity contribution in [2.45, 2.75) is 11.4 Å². The number of nitrogens with zero attached hydrogens (tertiary/aromatic N) is 1. The van der Waals surface area contributed by atoms with E-state index in [4.69, 9.17) is 15.4 Å². The zero-order valence-corrected chi connectivity index (χ0v) is 11.2. The van der Waals surface area contributed by atoms with E-state index in [1.54, 1.807) is 0 Å². The molecule has 1 aliphatic rings. The molecule has 2 rings (SSSR count). The first-order valence-corrected chi connectivity index (χ1v) is 7.80. The maximum atomic E-state index is 13.3. The predicted octanol–water partition coefficient (Wildman–Crippen LogP) is 1.59. The molecule has 18 heavy (non-hydrogen) atoms. The van der Waals surface area contributed by atoms with Crippen LogP contribution in [0.15, 0.2) is 23.1 Å². The lowest BCUT2D eigenvalue weighted by molar-refractivity contribution is 0.0341. The molecule has 0 aromatic heterocycles. The molecule has 1 aromatic carbocycles. The van der Waals surface area contributed by atoms with Crippen LogP contribution in [0.25, 0.3) is 0 Å². The molecule has 1 fully saturated rings. The number of morpholine rings is 1. The van der Waals surface area contributed by atoms with E-state index < -0.39 is 14.9 Å². The summed E-state index contributed by atoms with van der Waals surface area (Å²) in [5.74, 6) is -0.597. The van der Waals surface area contributed by atoms with E-state index in [1.807, 2.05) is 0 Å². The number of hydrogen-bond acceptors (Lipinski definition) is 4. The van der Waals surface area contributed by atoms with E-state index in [1.165, 1.54) is 12.1 Å². The third kappa shape index (κ3) is 3.65. The molecule has 0 aliphatic carbocycles. The summed E-state index contributed by atoms with van der Waals surface area (Å²) in [6.07, 6.45) is 0. The molecule has 0 radical (unpaired) electrons. The first-order valence-electron chi connectivity index (χ1n) is 5.49. The second-order valence-corrected chi connectivity index (χ2v) is 6.69. The predicted molar refractivity (Wildman–Crippen MR) is 65.5 cm³/mol. The van der Waals surface area contributed by atoms with Crippen LogP contribution in [0.2, 0.25) is 0 Å². The Morgan fingerprint density at radius 2 is 1.94 bits per heavy atom. The molecular formula is C11H13ClFNO3S. The van der Waals surface area contributed by atoms with Crippen molar-refractivity contribution in [3.05, 3.63) is 29.6 Å². The Morgan fingerprint density at radius 3 is 2.56 bits per heavy atom. The van der Waals surface area contributed by atoms with E-state index >= 15 is 0 Å². The summed E-state index contributed by atoms with van der Waals surface area (Å²) in [5, 5.41) is 0. The van der Waals surface area contributed by atoms with Gasteiger partial charge in [0.25, 0.3) is 9.05 Å². The van der Waals surface area contributed by atoms with Gasteiger partial charge in [-0.25, -0.2) is 12.8 Å². The van der Waals surface area contributed by atoms with Gasteiger partial charge in [0.05, 0.1) is 18.1 Å². The van der Waals surface area contributed by atoms with Crippen molar-refractivity contribution in [1.29, 1.82) is 0 Å². The monoisotopic (exact) mass is 293 g/mol. The average molecular weight is 294 g/mol. The number of halogens is 2. The third-order valence-electron chi connectivity index (χ3n) is 2.72. The second kappa shape index (κ2) is 5.52. The van der Waals surface area contributed by atoms with Crippen molar-refractivity contribution >= 4 is 19.7 Å². The van der Waals surface area contributed by atoms with E-state index in [0.717, 1.165) is 19.2 Å². The molecule has 1 aliphatic heterocycles. The fourth-order valence-corrected chi connectivity index (χ4v) is 2.68. The Balaban J connectivity index is 2.20. The molecule has 0 N–H and O–H groups in total. The van der Waals surface area contributed by atoms with Crippen molar-refractivity contribution in [2.24, 2.45) is 0 Å². The van der Waals surface area contributed by atoms with Gasteiger partial charge in [-0.05, 0) is 23.8 Å². The van der Waals surface area contributed by atoms with Crippen LogP contribution in [0.3, 0.4) is 0 Å². The Labute approximate surface area is 110 Å². The van der Waals surface area contributed by atoms with Gasteiger partial charge in [-0.3, -0.25) is 4.90 Å². The van der Waals surface area contributed by atoms with Gasteiger partial charge in [0, 0.05) is 30.3 Å². The van der Waals surface area contributed by atoms with Crippen LogP contribution in [-0.2, 0) is 20.3 Å². The first-order chi connectivity index (χ1) is 8.45. The Kier molecular flexibility index (Phi) is 4.21. The molecule has 1 heterocycles. The average Bonchev–Trinajstić information content (AvgIpc) is 2.28. The molecule has 7 heteroatoms. The maximum Gasteiger partial charge on any atom is 0.261 e. The summed E-state index contributed by atoms with van der Waals surface area (Å²) in [4.78, 5) is 1.87. The molecule has 0 amide bonds. The fourth-order valence-electron chi connectivity index (χ4n) is 1.87. The maximum absolute atomic E-state index is 13.3. The van der Waals surface area contributed by atoms with Crippen LogP contribution in [0.4, 0.5) is 4.39 Å². The quantitative estimate of drug-likeness (QED) is 0.794. The molecule has 0 unspecified atom stereocenters. The van der Waals surface area contributed by atoms with Crippen LogP contribution >= 0.6 is 10.7 Å². The molecule has 0 spiro atoms. The van der Waals surface area contributed by atoms with Gasteiger partial charge < -0.3 is 4.74 Å². The molecule has 0 saturated carbocycles. The molecule has 100 valence electrons. The van der Waals surface area contributed by atoms with Gasteiger partial charge in [0.15, 0.2) is 0 Å². The van der Waals surface area contributed by atoms with Gasteiger partial charge in [-0.1, -0.05) is 0 Å². The highest BCUT2D eigenvalue weighted by Gasteiger charge is 2.15. The van der Waals surface area contributed by atoms with Gasteiger partial charge in [-0.2, -0.15) is 0 Å². The highest BCUT2D eigenvalue weighted by atomic mass is 35.7. The Bertz CT molecular complexity index is 529. The molecule has 1 saturated heterocycles. The SMILES string of the molecule is O=S(=O)(Cl)c1cc(F)cc(CN2CCOCC2)c1. The van der Waals surface area contributed by atoms with Gasteiger partial charge >= 0.3 is 0 Å². The summed E-state index contributed by atoms with van der Waals surface area (Å²) in [6.45, 7) is 3.26. The molecule has 4 nitrogen and oxygen atoms in total. The highest BCUT2D eigenvalue weighted by molar-refractivity contribution is 8.13. The van der Waals surface area contributed by atoms with Crippen LogP contribution in [0.5, 0.6) is 0 Å². The minimum Gasteiger partial charge on any atom is -0.379 e. The van der Waals surface area contributed by atoms with Crippen LogP contribution < -0.4 is 0 Å². The summed E-state index contributed by atoms with van der Waals surface area (Å²) in [7, 11) is 1.32. The van der Waals surface area contributed by atoms with Crippen molar-refractivity contribution in [3.63, 3.8) is 0 Å². The summed E-state index contributed by atoms with van der Waals surface area (Å²) in [5.41, 5.74) is 0.594. The highest BCUT2D eigenvalue weighted by Crippen LogP contribution is 2.19. The number of benzene rings is 1. The normalized spacial score (nSPS) is 17.9.